The van der Waals surface area contributed by atoms with Gasteiger partial charge in [-0.25, -0.2) is 13.6 Å². The molecule has 1 heterocycles. The molecule has 0 radical (unpaired) electrons. The van der Waals surface area contributed by atoms with Crippen molar-refractivity contribution in [2.24, 2.45) is 12.2 Å². The number of aryl methyl sites for hydroxylation is 1. The van der Waals surface area contributed by atoms with Crippen molar-refractivity contribution in [2.75, 3.05) is 0 Å². The number of benzene rings is 1. The van der Waals surface area contributed by atoms with Gasteiger partial charge in [0.2, 0.25) is 0 Å². The summed E-state index contributed by atoms with van der Waals surface area (Å²) in [5.74, 6) is 0.486. The van der Waals surface area contributed by atoms with Gasteiger partial charge >= 0.3 is 0 Å². The fraction of sp³-hybridized carbons (Fsp3) is 0.273. The van der Waals surface area contributed by atoms with E-state index in [1.54, 1.807) is 7.05 Å². The Hall–Kier alpha value is -1.73. The SMILES string of the molecule is Cc1cccc(-c2nnc(S(N)(=O)=O)n2C)c1C. The van der Waals surface area contributed by atoms with Gasteiger partial charge in [-0.1, -0.05) is 18.2 Å². The van der Waals surface area contributed by atoms with Crippen LogP contribution in [-0.2, 0) is 17.1 Å². The van der Waals surface area contributed by atoms with Crippen LogP contribution in [0.3, 0.4) is 0 Å². The summed E-state index contributed by atoms with van der Waals surface area (Å²) in [5, 5.41) is 12.4. The molecule has 6 nitrogen and oxygen atoms in total. The van der Waals surface area contributed by atoms with Crippen LogP contribution in [0.15, 0.2) is 23.4 Å². The molecule has 2 rings (SSSR count). The van der Waals surface area contributed by atoms with Crippen LogP contribution in [0, 0.1) is 13.8 Å². The third-order valence-corrected chi connectivity index (χ3v) is 3.80. The number of rotatable bonds is 2. The zero-order chi connectivity index (χ0) is 13.5. The van der Waals surface area contributed by atoms with Gasteiger partial charge in [0.15, 0.2) is 5.82 Å². The Balaban J connectivity index is 2.67. The first-order valence-electron chi connectivity index (χ1n) is 5.31. The molecule has 0 saturated heterocycles. The van der Waals surface area contributed by atoms with E-state index in [-0.39, 0.29) is 5.16 Å². The van der Waals surface area contributed by atoms with Crippen molar-refractivity contribution >= 4 is 10.0 Å². The van der Waals surface area contributed by atoms with Crippen LogP contribution in [0.1, 0.15) is 11.1 Å². The molecule has 0 atom stereocenters. The van der Waals surface area contributed by atoms with Crippen LogP contribution in [0.4, 0.5) is 0 Å². The molecule has 0 bridgehead atoms. The highest BCUT2D eigenvalue weighted by Crippen LogP contribution is 2.24. The lowest BCUT2D eigenvalue weighted by molar-refractivity contribution is 0.580. The Morgan fingerprint density at radius 3 is 2.44 bits per heavy atom. The molecule has 0 aliphatic heterocycles. The van der Waals surface area contributed by atoms with Gasteiger partial charge in [-0.3, -0.25) is 4.57 Å². The van der Waals surface area contributed by atoms with Crippen LogP contribution >= 0.6 is 0 Å². The average Bonchev–Trinajstić information content (AvgIpc) is 2.64. The van der Waals surface area contributed by atoms with Crippen LogP contribution in [0.5, 0.6) is 0 Å². The second kappa shape index (κ2) is 4.18. The number of aromatic nitrogens is 3. The Morgan fingerprint density at radius 1 is 1.22 bits per heavy atom. The highest BCUT2D eigenvalue weighted by Gasteiger charge is 2.20. The maximum absolute atomic E-state index is 11.3. The molecule has 0 spiro atoms. The minimum Gasteiger partial charge on any atom is -0.300 e. The van der Waals surface area contributed by atoms with E-state index in [0.717, 1.165) is 16.7 Å². The molecule has 0 aliphatic rings. The first-order chi connectivity index (χ1) is 8.32. The third kappa shape index (κ3) is 2.02. The number of primary sulfonamides is 1. The number of sulfonamides is 1. The van der Waals surface area contributed by atoms with Crippen LogP contribution in [0.25, 0.3) is 11.4 Å². The average molecular weight is 266 g/mol. The summed E-state index contributed by atoms with van der Waals surface area (Å²) in [4.78, 5) is 0. The van der Waals surface area contributed by atoms with Crippen molar-refractivity contribution in [2.45, 2.75) is 19.0 Å². The van der Waals surface area contributed by atoms with Crippen LogP contribution in [-0.4, -0.2) is 23.2 Å². The summed E-state index contributed by atoms with van der Waals surface area (Å²) in [7, 11) is -2.27. The van der Waals surface area contributed by atoms with Gasteiger partial charge in [0.25, 0.3) is 15.2 Å². The predicted octanol–water partition coefficient (Wildman–Crippen LogP) is 0.746. The maximum atomic E-state index is 11.3. The van der Waals surface area contributed by atoms with Crippen molar-refractivity contribution in [3.05, 3.63) is 29.3 Å². The van der Waals surface area contributed by atoms with E-state index >= 15 is 0 Å². The monoisotopic (exact) mass is 266 g/mol. The number of nitrogens with two attached hydrogens (primary N) is 1. The lowest BCUT2D eigenvalue weighted by Gasteiger charge is -2.08. The Kier molecular flexibility index (Phi) is 2.95. The lowest BCUT2D eigenvalue weighted by atomic mass is 10.0. The molecule has 96 valence electrons. The summed E-state index contributed by atoms with van der Waals surface area (Å²) in [6.45, 7) is 3.94. The fourth-order valence-corrected chi connectivity index (χ4v) is 2.41. The molecule has 0 unspecified atom stereocenters. The van der Waals surface area contributed by atoms with Crippen LogP contribution < -0.4 is 5.14 Å². The van der Waals surface area contributed by atoms with E-state index < -0.39 is 10.0 Å². The normalized spacial score (nSPS) is 11.8. The summed E-state index contributed by atoms with van der Waals surface area (Å²) >= 11 is 0. The van der Waals surface area contributed by atoms with Gasteiger partial charge in [-0.15, -0.1) is 10.2 Å². The first kappa shape index (κ1) is 12.7. The third-order valence-electron chi connectivity index (χ3n) is 2.93. The minimum absolute atomic E-state index is 0.238. The van der Waals surface area contributed by atoms with Gasteiger partial charge in [0, 0.05) is 12.6 Å². The Morgan fingerprint density at radius 2 is 1.89 bits per heavy atom. The topological polar surface area (TPSA) is 90.9 Å². The molecule has 7 heteroatoms. The van der Waals surface area contributed by atoms with Gasteiger partial charge in [0.05, 0.1) is 0 Å². The zero-order valence-corrected chi connectivity index (χ0v) is 11.2. The van der Waals surface area contributed by atoms with E-state index in [2.05, 4.69) is 10.2 Å². The second-order valence-corrected chi connectivity index (χ2v) is 5.61. The quantitative estimate of drug-likeness (QED) is 0.868. The maximum Gasteiger partial charge on any atom is 0.273 e. The number of hydrogen-bond donors (Lipinski definition) is 1. The molecular formula is C11H14N4O2S. The molecule has 0 amide bonds. The van der Waals surface area contributed by atoms with E-state index in [1.807, 2.05) is 32.0 Å². The number of hydrogen-bond acceptors (Lipinski definition) is 4. The molecule has 0 aliphatic carbocycles. The predicted molar refractivity (Wildman–Crippen MR) is 67.3 cm³/mol. The van der Waals surface area contributed by atoms with E-state index in [0.29, 0.717) is 5.82 Å². The lowest BCUT2D eigenvalue weighted by Crippen LogP contribution is -2.17. The van der Waals surface area contributed by atoms with Gasteiger partial charge in [0.1, 0.15) is 0 Å². The summed E-state index contributed by atoms with van der Waals surface area (Å²) < 4.78 is 24.0. The fourth-order valence-electron chi connectivity index (χ4n) is 1.79. The van der Waals surface area contributed by atoms with Gasteiger partial charge in [-0.05, 0) is 25.0 Å². The molecule has 1 aromatic heterocycles. The Bertz CT molecular complexity index is 704. The molecule has 0 fully saturated rings. The standard InChI is InChI=1S/C11H14N4O2S/c1-7-5-4-6-9(8(7)2)10-13-14-11(15(10)3)18(12,16)17/h4-6H,1-3H3,(H2,12,16,17). The van der Waals surface area contributed by atoms with Crippen molar-refractivity contribution in [1.29, 1.82) is 0 Å². The van der Waals surface area contributed by atoms with Gasteiger partial charge < -0.3 is 0 Å². The van der Waals surface area contributed by atoms with E-state index in [9.17, 15) is 8.42 Å². The number of nitrogens with zero attached hydrogens (tertiary/aromatic N) is 3. The summed E-state index contributed by atoms with van der Waals surface area (Å²) in [6.07, 6.45) is 0. The van der Waals surface area contributed by atoms with Crippen molar-refractivity contribution in [3.8, 4) is 11.4 Å². The molecule has 18 heavy (non-hydrogen) atoms. The van der Waals surface area contributed by atoms with Gasteiger partial charge in [-0.2, -0.15) is 0 Å². The van der Waals surface area contributed by atoms with Crippen molar-refractivity contribution in [3.63, 3.8) is 0 Å². The minimum atomic E-state index is -3.85. The highest BCUT2D eigenvalue weighted by molar-refractivity contribution is 7.89. The molecule has 1 aromatic carbocycles. The zero-order valence-electron chi connectivity index (χ0n) is 10.4. The van der Waals surface area contributed by atoms with Crippen LogP contribution in [0.2, 0.25) is 0 Å². The molecule has 2 N–H and O–H groups in total. The first-order valence-corrected chi connectivity index (χ1v) is 6.86. The van der Waals surface area contributed by atoms with Crippen molar-refractivity contribution < 1.29 is 8.42 Å². The highest BCUT2D eigenvalue weighted by atomic mass is 32.2. The second-order valence-electron chi connectivity index (χ2n) is 4.16. The van der Waals surface area contributed by atoms with E-state index in [1.165, 1.54) is 4.57 Å². The molecule has 2 aromatic rings. The molecular weight excluding hydrogens is 252 g/mol. The van der Waals surface area contributed by atoms with Crippen molar-refractivity contribution in [1.82, 2.24) is 14.8 Å². The Labute approximate surface area is 106 Å². The summed E-state index contributed by atoms with van der Waals surface area (Å²) in [6, 6.07) is 5.75. The molecule has 0 saturated carbocycles. The summed E-state index contributed by atoms with van der Waals surface area (Å²) in [5.41, 5.74) is 2.99. The van der Waals surface area contributed by atoms with E-state index in [4.69, 9.17) is 5.14 Å². The largest absolute Gasteiger partial charge is 0.300 e. The smallest absolute Gasteiger partial charge is 0.273 e.